The van der Waals surface area contributed by atoms with E-state index in [9.17, 15) is 0 Å². The molecule has 0 saturated heterocycles. The van der Waals surface area contributed by atoms with Crippen LogP contribution in [-0.2, 0) is 6.42 Å². The third-order valence-corrected chi connectivity index (χ3v) is 2.30. The monoisotopic (exact) mass is 171 g/mol. The van der Waals surface area contributed by atoms with Gasteiger partial charge in [0.15, 0.2) is 0 Å². The molecule has 1 aliphatic rings. The standard InChI is InChI=1S/C12H13N/c1-2-8-13-9-7-11-5-3-4-6-12(11)10-13/h2-6H,1,7-9H2. The van der Waals surface area contributed by atoms with Gasteiger partial charge in [-0.15, -0.1) is 6.58 Å². The molecule has 0 saturated carbocycles. The lowest BCUT2D eigenvalue weighted by Crippen LogP contribution is -2.28. The summed E-state index contributed by atoms with van der Waals surface area (Å²) in [5.41, 5.74) is 2.64. The van der Waals surface area contributed by atoms with Crippen LogP contribution >= 0.6 is 0 Å². The maximum Gasteiger partial charge on any atom is 0.0969 e. The molecule has 2 radical (unpaired) electrons. The summed E-state index contributed by atoms with van der Waals surface area (Å²) in [6, 6.07) is 8.44. The second kappa shape index (κ2) is 3.75. The zero-order valence-corrected chi connectivity index (χ0v) is 7.66. The van der Waals surface area contributed by atoms with Gasteiger partial charge in [-0.05, 0) is 17.5 Å². The first-order valence-corrected chi connectivity index (χ1v) is 4.60. The highest BCUT2D eigenvalue weighted by Crippen LogP contribution is 2.19. The average molecular weight is 171 g/mol. The molecule has 0 aliphatic carbocycles. The van der Waals surface area contributed by atoms with Crippen molar-refractivity contribution in [2.75, 3.05) is 13.1 Å². The van der Waals surface area contributed by atoms with E-state index in [4.69, 9.17) is 0 Å². The first-order valence-electron chi connectivity index (χ1n) is 4.60. The van der Waals surface area contributed by atoms with Crippen molar-refractivity contribution in [3.05, 3.63) is 54.6 Å². The van der Waals surface area contributed by atoms with Gasteiger partial charge >= 0.3 is 0 Å². The van der Waals surface area contributed by atoms with Gasteiger partial charge < -0.3 is 0 Å². The van der Waals surface area contributed by atoms with Crippen LogP contribution < -0.4 is 0 Å². The second-order valence-corrected chi connectivity index (χ2v) is 3.25. The van der Waals surface area contributed by atoms with Crippen LogP contribution in [-0.4, -0.2) is 18.0 Å². The Morgan fingerprint density at radius 3 is 3.15 bits per heavy atom. The maximum atomic E-state index is 3.73. The molecular weight excluding hydrogens is 158 g/mol. The molecule has 13 heavy (non-hydrogen) atoms. The Morgan fingerprint density at radius 1 is 1.46 bits per heavy atom. The zero-order valence-electron chi connectivity index (χ0n) is 7.66. The van der Waals surface area contributed by atoms with Crippen molar-refractivity contribution >= 4 is 0 Å². The molecule has 1 nitrogen and oxygen atoms in total. The summed E-state index contributed by atoms with van der Waals surface area (Å²) in [4.78, 5) is 2.18. The molecule has 0 fully saturated rings. The van der Waals surface area contributed by atoms with Crippen LogP contribution in [0.15, 0.2) is 36.9 Å². The second-order valence-electron chi connectivity index (χ2n) is 3.25. The maximum absolute atomic E-state index is 3.73. The molecule has 0 N–H and O–H groups in total. The van der Waals surface area contributed by atoms with Gasteiger partial charge in [-0.25, -0.2) is 0 Å². The van der Waals surface area contributed by atoms with Crippen molar-refractivity contribution in [3.8, 4) is 0 Å². The third kappa shape index (κ3) is 1.81. The van der Waals surface area contributed by atoms with Crippen LogP contribution in [0.3, 0.4) is 0 Å². The van der Waals surface area contributed by atoms with Gasteiger partial charge in [-0.3, -0.25) is 4.90 Å². The van der Waals surface area contributed by atoms with Crippen LogP contribution in [0, 0.1) is 6.54 Å². The van der Waals surface area contributed by atoms with Crippen LogP contribution in [0.25, 0.3) is 0 Å². The molecule has 1 aromatic rings. The molecule has 0 spiro atoms. The lowest BCUT2D eigenvalue weighted by Gasteiger charge is -2.26. The topological polar surface area (TPSA) is 3.24 Å². The number of hydrogen-bond acceptors (Lipinski definition) is 1. The van der Waals surface area contributed by atoms with Gasteiger partial charge in [0.1, 0.15) is 0 Å². The predicted molar refractivity (Wildman–Crippen MR) is 54.3 cm³/mol. The first-order chi connectivity index (χ1) is 6.40. The fourth-order valence-corrected chi connectivity index (χ4v) is 1.62. The quantitative estimate of drug-likeness (QED) is 0.616. The SMILES string of the molecule is C=CCN1[C]c2ccccc2CC1. The van der Waals surface area contributed by atoms with Crippen molar-refractivity contribution < 1.29 is 0 Å². The van der Waals surface area contributed by atoms with Crippen molar-refractivity contribution in [2.24, 2.45) is 0 Å². The molecule has 2 rings (SSSR count). The highest BCUT2D eigenvalue weighted by molar-refractivity contribution is 5.34. The largest absolute Gasteiger partial charge is 0.286 e. The van der Waals surface area contributed by atoms with E-state index in [0.29, 0.717) is 0 Å². The van der Waals surface area contributed by atoms with Crippen molar-refractivity contribution in [1.29, 1.82) is 0 Å². The average Bonchev–Trinajstić information content (AvgIpc) is 2.18. The molecule has 1 aliphatic heterocycles. The number of hydrogen-bond donors (Lipinski definition) is 0. The van der Waals surface area contributed by atoms with E-state index in [2.05, 4.69) is 42.3 Å². The number of fused-ring (bicyclic) bond motifs is 1. The van der Waals surface area contributed by atoms with Crippen molar-refractivity contribution in [3.63, 3.8) is 0 Å². The fourth-order valence-electron chi connectivity index (χ4n) is 1.62. The summed E-state index contributed by atoms with van der Waals surface area (Å²) in [5.74, 6) is 0. The van der Waals surface area contributed by atoms with E-state index in [0.717, 1.165) is 19.5 Å². The van der Waals surface area contributed by atoms with Crippen molar-refractivity contribution in [1.82, 2.24) is 4.90 Å². The molecule has 1 heterocycles. The summed E-state index contributed by atoms with van der Waals surface area (Å²) < 4.78 is 0. The van der Waals surface area contributed by atoms with Gasteiger partial charge in [-0.2, -0.15) is 0 Å². The molecule has 0 atom stereocenters. The molecular formula is C12H13N. The summed E-state index contributed by atoms with van der Waals surface area (Å²) in [7, 11) is 0. The Morgan fingerprint density at radius 2 is 2.31 bits per heavy atom. The zero-order chi connectivity index (χ0) is 9.10. The minimum Gasteiger partial charge on any atom is -0.286 e. The van der Waals surface area contributed by atoms with Crippen LogP contribution in [0.2, 0.25) is 0 Å². The van der Waals surface area contributed by atoms with Gasteiger partial charge in [0.2, 0.25) is 0 Å². The van der Waals surface area contributed by atoms with E-state index >= 15 is 0 Å². The third-order valence-electron chi connectivity index (χ3n) is 2.30. The first kappa shape index (κ1) is 8.52. The van der Waals surface area contributed by atoms with Gasteiger partial charge in [0, 0.05) is 13.1 Å². The van der Waals surface area contributed by atoms with Crippen LogP contribution in [0.5, 0.6) is 0 Å². The molecule has 66 valence electrons. The normalized spacial score (nSPS) is 16.6. The number of nitrogens with zero attached hydrogens (tertiary/aromatic N) is 1. The number of rotatable bonds is 2. The molecule has 0 amide bonds. The highest BCUT2D eigenvalue weighted by Gasteiger charge is 2.14. The Balaban J connectivity index is 2.15. The predicted octanol–water partition coefficient (Wildman–Crippen LogP) is 2.12. The summed E-state index contributed by atoms with van der Waals surface area (Å²) >= 11 is 0. The van der Waals surface area contributed by atoms with E-state index in [1.165, 1.54) is 11.1 Å². The van der Waals surface area contributed by atoms with E-state index < -0.39 is 0 Å². The lowest BCUT2D eigenvalue weighted by atomic mass is 10.0. The molecule has 0 unspecified atom stereocenters. The Kier molecular flexibility index (Phi) is 2.46. The highest BCUT2D eigenvalue weighted by atomic mass is 15.1. The Bertz CT molecular complexity index is 304. The van der Waals surface area contributed by atoms with Crippen LogP contribution in [0.1, 0.15) is 11.1 Å². The summed E-state index contributed by atoms with van der Waals surface area (Å²) in [6.07, 6.45) is 3.04. The minimum absolute atomic E-state index is 0.897. The van der Waals surface area contributed by atoms with Crippen LogP contribution in [0.4, 0.5) is 0 Å². The van der Waals surface area contributed by atoms with E-state index in [1.54, 1.807) is 0 Å². The van der Waals surface area contributed by atoms with Gasteiger partial charge in [0.25, 0.3) is 0 Å². The van der Waals surface area contributed by atoms with Gasteiger partial charge in [-0.1, -0.05) is 30.3 Å². The summed E-state index contributed by atoms with van der Waals surface area (Å²) in [6.45, 7) is 9.04. The fraction of sp³-hybridized carbons (Fsp3) is 0.250. The lowest BCUT2D eigenvalue weighted by molar-refractivity contribution is 0.370. The summed E-state index contributed by atoms with van der Waals surface area (Å²) in [5, 5.41) is 0. The molecule has 1 heteroatoms. The van der Waals surface area contributed by atoms with Gasteiger partial charge in [0.05, 0.1) is 6.54 Å². The smallest absolute Gasteiger partial charge is 0.0969 e. The van der Waals surface area contributed by atoms with E-state index in [1.807, 2.05) is 6.08 Å². The Hall–Kier alpha value is -1.08. The molecule has 0 aromatic heterocycles. The molecule has 1 aromatic carbocycles. The van der Waals surface area contributed by atoms with Crippen molar-refractivity contribution in [2.45, 2.75) is 6.42 Å². The van der Waals surface area contributed by atoms with E-state index in [-0.39, 0.29) is 0 Å². The minimum atomic E-state index is 0.897. The number of benzene rings is 1. The Labute approximate surface area is 79.7 Å². The molecule has 0 bridgehead atoms.